The van der Waals surface area contributed by atoms with Crippen LogP contribution in [-0.2, 0) is 0 Å². The van der Waals surface area contributed by atoms with E-state index in [0.29, 0.717) is 12.3 Å². The van der Waals surface area contributed by atoms with Gasteiger partial charge in [-0.1, -0.05) is 13.0 Å². The maximum absolute atomic E-state index is 10.3. The van der Waals surface area contributed by atoms with Gasteiger partial charge in [0.2, 0.25) is 6.79 Å². The number of thiazole rings is 1. The van der Waals surface area contributed by atoms with Gasteiger partial charge in [0.15, 0.2) is 11.5 Å². The first-order valence-corrected chi connectivity index (χ1v) is 7.86. The molecule has 5 nitrogen and oxygen atoms in total. The van der Waals surface area contributed by atoms with Crippen molar-refractivity contribution >= 4 is 11.3 Å². The molecule has 0 fully saturated rings. The predicted octanol–water partition coefficient (Wildman–Crippen LogP) is 2.65. The summed E-state index contributed by atoms with van der Waals surface area (Å²) in [7, 11) is 0. The summed E-state index contributed by atoms with van der Waals surface area (Å²) in [5.74, 6) is 1.42. The van der Waals surface area contributed by atoms with E-state index in [1.807, 2.05) is 23.6 Å². The minimum absolute atomic E-state index is 0.175. The van der Waals surface area contributed by atoms with Crippen LogP contribution in [0.2, 0.25) is 0 Å². The SMILES string of the molecule is CCC(NCC(O)c1ccc2c(c1)OCO2)c1nccs1. The Balaban J connectivity index is 1.62. The second-order valence-electron chi connectivity index (χ2n) is 4.87. The molecule has 21 heavy (non-hydrogen) atoms. The highest BCUT2D eigenvalue weighted by atomic mass is 32.1. The fraction of sp³-hybridized carbons (Fsp3) is 0.400. The molecule has 6 heteroatoms. The van der Waals surface area contributed by atoms with Crippen molar-refractivity contribution in [2.24, 2.45) is 0 Å². The lowest BCUT2D eigenvalue weighted by molar-refractivity contribution is 0.167. The van der Waals surface area contributed by atoms with Crippen molar-refractivity contribution in [3.63, 3.8) is 0 Å². The van der Waals surface area contributed by atoms with Crippen molar-refractivity contribution < 1.29 is 14.6 Å². The third-order valence-corrected chi connectivity index (χ3v) is 4.39. The Morgan fingerprint density at radius 3 is 3.00 bits per heavy atom. The van der Waals surface area contributed by atoms with E-state index in [0.717, 1.165) is 22.7 Å². The molecule has 112 valence electrons. The molecule has 0 saturated carbocycles. The molecule has 2 atom stereocenters. The van der Waals surface area contributed by atoms with Crippen LogP contribution in [0.1, 0.15) is 36.1 Å². The van der Waals surface area contributed by atoms with E-state index in [-0.39, 0.29) is 12.8 Å². The van der Waals surface area contributed by atoms with Crippen molar-refractivity contribution in [3.05, 3.63) is 40.3 Å². The highest BCUT2D eigenvalue weighted by molar-refractivity contribution is 7.09. The standard InChI is InChI=1S/C15H18N2O3S/c1-2-11(15-16-5-6-21-15)17-8-12(18)10-3-4-13-14(7-10)20-9-19-13/h3-7,11-12,17-18H,2,8-9H2,1H3. The lowest BCUT2D eigenvalue weighted by Gasteiger charge is -2.18. The first kappa shape index (κ1) is 14.3. The Labute approximate surface area is 127 Å². The summed E-state index contributed by atoms with van der Waals surface area (Å²) in [5.41, 5.74) is 0.820. The monoisotopic (exact) mass is 306 g/mol. The van der Waals surface area contributed by atoms with Gasteiger partial charge in [0.1, 0.15) is 5.01 Å². The van der Waals surface area contributed by atoms with Gasteiger partial charge >= 0.3 is 0 Å². The van der Waals surface area contributed by atoms with Gasteiger partial charge in [0.05, 0.1) is 12.1 Å². The average molecular weight is 306 g/mol. The maximum Gasteiger partial charge on any atom is 0.231 e. The molecule has 0 spiro atoms. The first-order chi connectivity index (χ1) is 10.3. The van der Waals surface area contributed by atoms with E-state index < -0.39 is 6.10 Å². The summed E-state index contributed by atoms with van der Waals surface area (Å²) in [6.07, 6.45) is 2.15. The van der Waals surface area contributed by atoms with Crippen LogP contribution in [0.5, 0.6) is 11.5 Å². The summed E-state index contributed by atoms with van der Waals surface area (Å²) in [6.45, 7) is 2.82. The van der Waals surface area contributed by atoms with E-state index in [1.54, 1.807) is 17.5 Å². The molecule has 1 aromatic carbocycles. The Kier molecular flexibility index (Phi) is 4.38. The molecule has 0 amide bonds. The van der Waals surface area contributed by atoms with Crippen LogP contribution in [0.4, 0.5) is 0 Å². The maximum atomic E-state index is 10.3. The summed E-state index contributed by atoms with van der Waals surface area (Å²) < 4.78 is 10.6. The molecule has 1 aliphatic heterocycles. The smallest absolute Gasteiger partial charge is 0.231 e. The van der Waals surface area contributed by atoms with E-state index >= 15 is 0 Å². The highest BCUT2D eigenvalue weighted by Gasteiger charge is 2.18. The number of aromatic nitrogens is 1. The van der Waals surface area contributed by atoms with E-state index in [4.69, 9.17) is 9.47 Å². The molecule has 2 heterocycles. The summed E-state index contributed by atoms with van der Waals surface area (Å²) in [4.78, 5) is 4.32. The van der Waals surface area contributed by atoms with Gasteiger partial charge in [-0.2, -0.15) is 0 Å². The van der Waals surface area contributed by atoms with Gasteiger partial charge in [0.25, 0.3) is 0 Å². The molecule has 1 aromatic heterocycles. The Bertz CT molecular complexity index is 589. The van der Waals surface area contributed by atoms with Crippen LogP contribution in [0.3, 0.4) is 0 Å². The van der Waals surface area contributed by atoms with Crippen molar-refractivity contribution in [2.75, 3.05) is 13.3 Å². The predicted molar refractivity (Wildman–Crippen MR) is 80.7 cm³/mol. The number of hydrogen-bond donors (Lipinski definition) is 2. The fourth-order valence-electron chi connectivity index (χ4n) is 2.30. The Morgan fingerprint density at radius 2 is 2.24 bits per heavy atom. The van der Waals surface area contributed by atoms with Crippen LogP contribution in [0.25, 0.3) is 0 Å². The van der Waals surface area contributed by atoms with Gasteiger partial charge in [-0.05, 0) is 24.1 Å². The number of fused-ring (bicyclic) bond motifs is 1. The van der Waals surface area contributed by atoms with E-state index in [9.17, 15) is 5.11 Å². The van der Waals surface area contributed by atoms with Gasteiger partial charge in [-0.25, -0.2) is 4.98 Å². The summed E-state index contributed by atoms with van der Waals surface area (Å²) >= 11 is 1.63. The summed E-state index contributed by atoms with van der Waals surface area (Å²) in [5, 5.41) is 16.7. The second-order valence-corrected chi connectivity index (χ2v) is 5.79. The van der Waals surface area contributed by atoms with Crippen LogP contribution in [-0.4, -0.2) is 23.4 Å². The van der Waals surface area contributed by atoms with Gasteiger partial charge in [-0.3, -0.25) is 0 Å². The number of benzene rings is 1. The van der Waals surface area contributed by atoms with Gasteiger partial charge < -0.3 is 19.9 Å². The third-order valence-electron chi connectivity index (χ3n) is 3.50. The van der Waals surface area contributed by atoms with Crippen molar-refractivity contribution in [1.29, 1.82) is 0 Å². The molecule has 2 unspecified atom stereocenters. The number of nitrogens with zero attached hydrogens (tertiary/aromatic N) is 1. The molecule has 0 saturated heterocycles. The van der Waals surface area contributed by atoms with Crippen molar-refractivity contribution in [2.45, 2.75) is 25.5 Å². The van der Waals surface area contributed by atoms with Gasteiger partial charge in [0, 0.05) is 18.1 Å². The van der Waals surface area contributed by atoms with Crippen molar-refractivity contribution in [1.82, 2.24) is 10.3 Å². The lowest BCUT2D eigenvalue weighted by atomic mass is 10.1. The van der Waals surface area contributed by atoms with Crippen LogP contribution < -0.4 is 14.8 Å². The normalized spacial score (nSPS) is 15.9. The molecule has 0 aliphatic carbocycles. The fourth-order valence-corrected chi connectivity index (χ4v) is 3.10. The third kappa shape index (κ3) is 3.18. The topological polar surface area (TPSA) is 63.6 Å². The zero-order valence-corrected chi connectivity index (χ0v) is 12.6. The first-order valence-electron chi connectivity index (χ1n) is 6.98. The van der Waals surface area contributed by atoms with Crippen LogP contribution >= 0.6 is 11.3 Å². The Hall–Kier alpha value is -1.63. The molecule has 0 bridgehead atoms. The molecule has 0 radical (unpaired) electrons. The van der Waals surface area contributed by atoms with Crippen molar-refractivity contribution in [3.8, 4) is 11.5 Å². The lowest BCUT2D eigenvalue weighted by Crippen LogP contribution is -2.26. The number of aliphatic hydroxyl groups is 1. The molecule has 3 rings (SSSR count). The quantitative estimate of drug-likeness (QED) is 0.859. The summed E-state index contributed by atoms with van der Waals surface area (Å²) in [6, 6.07) is 5.70. The zero-order valence-electron chi connectivity index (χ0n) is 11.8. The minimum Gasteiger partial charge on any atom is -0.454 e. The van der Waals surface area contributed by atoms with E-state index in [2.05, 4.69) is 17.2 Å². The average Bonchev–Trinajstić information content (AvgIpc) is 3.18. The van der Waals surface area contributed by atoms with Crippen LogP contribution in [0.15, 0.2) is 29.8 Å². The Morgan fingerprint density at radius 1 is 1.38 bits per heavy atom. The largest absolute Gasteiger partial charge is 0.454 e. The minimum atomic E-state index is -0.589. The number of ether oxygens (including phenoxy) is 2. The van der Waals surface area contributed by atoms with Gasteiger partial charge in [-0.15, -0.1) is 11.3 Å². The number of rotatable bonds is 6. The second kappa shape index (κ2) is 6.43. The molecular weight excluding hydrogens is 288 g/mol. The molecular formula is C15H18N2O3S. The number of hydrogen-bond acceptors (Lipinski definition) is 6. The van der Waals surface area contributed by atoms with E-state index in [1.165, 1.54) is 0 Å². The zero-order chi connectivity index (χ0) is 14.7. The number of nitrogens with one attached hydrogen (secondary N) is 1. The molecule has 1 aliphatic rings. The molecule has 2 aromatic rings. The number of aliphatic hydroxyl groups excluding tert-OH is 1. The highest BCUT2D eigenvalue weighted by Crippen LogP contribution is 2.34. The molecule has 2 N–H and O–H groups in total. The van der Waals surface area contributed by atoms with Crippen LogP contribution in [0, 0.1) is 0 Å².